The predicted molar refractivity (Wildman–Crippen MR) is 82.5 cm³/mol. The van der Waals surface area contributed by atoms with Crippen LogP contribution in [0.4, 0.5) is 0 Å². The molecule has 0 unspecified atom stereocenters. The summed E-state index contributed by atoms with van der Waals surface area (Å²) in [5.74, 6) is 0.611. The Morgan fingerprint density at radius 3 is 2.75 bits per heavy atom. The lowest BCUT2D eigenvalue weighted by Crippen LogP contribution is -2.28. The molecule has 4 nitrogen and oxygen atoms in total. The first kappa shape index (κ1) is 15.4. The van der Waals surface area contributed by atoms with Gasteiger partial charge in [-0.25, -0.2) is 4.79 Å². The van der Waals surface area contributed by atoms with Crippen molar-refractivity contribution in [1.82, 2.24) is 0 Å². The van der Waals surface area contributed by atoms with Gasteiger partial charge in [0.2, 0.25) is 0 Å². The molecular weight excluding hydrogens is 294 g/mol. The van der Waals surface area contributed by atoms with Crippen LogP contribution in [0.2, 0.25) is 0 Å². The van der Waals surface area contributed by atoms with Crippen LogP contribution in [-0.4, -0.2) is 29.8 Å². The molecule has 1 heterocycles. The third-order valence-corrected chi connectivity index (χ3v) is 5.70. The van der Waals surface area contributed by atoms with Crippen molar-refractivity contribution in [3.05, 3.63) is 16.0 Å². The molecule has 1 aliphatic carbocycles. The number of esters is 1. The van der Waals surface area contributed by atoms with Gasteiger partial charge in [-0.15, -0.1) is 23.1 Å². The van der Waals surface area contributed by atoms with E-state index in [0.717, 1.165) is 27.5 Å². The van der Waals surface area contributed by atoms with E-state index in [1.54, 1.807) is 11.8 Å². The average molecular weight is 313 g/mol. The lowest BCUT2D eigenvalue weighted by Gasteiger charge is -2.30. The van der Waals surface area contributed by atoms with E-state index in [0.29, 0.717) is 17.0 Å². The number of rotatable bonds is 3. The smallest absolute Gasteiger partial charge is 0.348 e. The summed E-state index contributed by atoms with van der Waals surface area (Å²) < 4.78 is 5.94. The normalized spacial score (nSPS) is 18.9. The fraction of sp³-hybridized carbons (Fsp3) is 0.571. The van der Waals surface area contributed by atoms with Crippen molar-refractivity contribution in [2.24, 2.45) is 10.6 Å². The Kier molecular flexibility index (Phi) is 4.44. The van der Waals surface area contributed by atoms with Crippen LogP contribution in [0.3, 0.4) is 0 Å². The Bertz CT molecular complexity index is 561. The quantitative estimate of drug-likeness (QED) is 0.399. The minimum atomic E-state index is -0.302. The monoisotopic (exact) mass is 313 g/mol. The van der Waals surface area contributed by atoms with Gasteiger partial charge in [0.05, 0.1) is 17.0 Å². The summed E-state index contributed by atoms with van der Waals surface area (Å²) in [6, 6.07) is 0. The van der Waals surface area contributed by atoms with Gasteiger partial charge in [0.15, 0.2) is 0 Å². The molecule has 0 radical (unpaired) electrons. The molecule has 0 bridgehead atoms. The summed E-state index contributed by atoms with van der Waals surface area (Å²) in [5, 5.41) is 12.8. The molecule has 0 amide bonds. The molecule has 0 atom stereocenters. The predicted octanol–water partition coefficient (Wildman–Crippen LogP) is 3.80. The van der Waals surface area contributed by atoms with E-state index in [4.69, 9.17) is 4.74 Å². The van der Waals surface area contributed by atoms with E-state index in [1.165, 1.54) is 18.4 Å². The van der Waals surface area contributed by atoms with Gasteiger partial charge in [-0.05, 0) is 29.6 Å². The van der Waals surface area contributed by atoms with Crippen LogP contribution < -0.4 is 0 Å². The number of thioether (sulfide) groups is 1. The van der Waals surface area contributed by atoms with Gasteiger partial charge in [-0.3, -0.25) is 0 Å². The lowest BCUT2D eigenvalue weighted by molar-refractivity contribution is 0.0604. The van der Waals surface area contributed by atoms with Crippen molar-refractivity contribution in [3.8, 4) is 0 Å². The van der Waals surface area contributed by atoms with E-state index in [1.807, 2.05) is 0 Å². The van der Waals surface area contributed by atoms with E-state index < -0.39 is 0 Å². The molecule has 0 fully saturated rings. The second-order valence-electron chi connectivity index (χ2n) is 5.56. The Labute approximate surface area is 127 Å². The van der Waals surface area contributed by atoms with Crippen LogP contribution in [0.1, 0.15) is 48.0 Å². The van der Waals surface area contributed by atoms with Gasteiger partial charge < -0.3 is 9.94 Å². The van der Waals surface area contributed by atoms with E-state index in [-0.39, 0.29) is 11.4 Å². The van der Waals surface area contributed by atoms with Crippen molar-refractivity contribution in [2.45, 2.75) is 37.8 Å². The summed E-state index contributed by atoms with van der Waals surface area (Å²) in [6.45, 7) is 6.30. The number of hydrogen-bond donors (Lipinski definition) is 1. The number of thiophene rings is 1. The van der Waals surface area contributed by atoms with Gasteiger partial charge >= 0.3 is 5.97 Å². The first-order valence-corrected chi connectivity index (χ1v) is 8.31. The fourth-order valence-electron chi connectivity index (χ4n) is 2.56. The highest BCUT2D eigenvalue weighted by molar-refractivity contribution is 8.01. The zero-order valence-electron chi connectivity index (χ0n) is 12.1. The molecule has 0 aliphatic heterocycles. The maximum absolute atomic E-state index is 12.0. The van der Waals surface area contributed by atoms with Crippen molar-refractivity contribution in [1.29, 1.82) is 0 Å². The van der Waals surface area contributed by atoms with Crippen molar-refractivity contribution >= 4 is 34.8 Å². The van der Waals surface area contributed by atoms with Crippen LogP contribution in [0, 0.1) is 5.41 Å². The van der Waals surface area contributed by atoms with Gasteiger partial charge in [0.1, 0.15) is 4.88 Å². The van der Waals surface area contributed by atoms with Crippen LogP contribution in [-0.2, 0) is 11.2 Å². The lowest BCUT2D eigenvalue weighted by atomic mass is 9.74. The largest absolute Gasteiger partial charge is 0.465 e. The van der Waals surface area contributed by atoms with Gasteiger partial charge in [-0.2, -0.15) is 0 Å². The summed E-state index contributed by atoms with van der Waals surface area (Å²) >= 11 is 3.13. The molecule has 0 aromatic carbocycles. The zero-order chi connectivity index (χ0) is 14.9. The average Bonchev–Trinajstić information content (AvgIpc) is 2.74. The minimum absolute atomic E-state index is 0.0213. The van der Waals surface area contributed by atoms with E-state index >= 15 is 0 Å². The van der Waals surface area contributed by atoms with Crippen molar-refractivity contribution in [3.63, 3.8) is 0 Å². The molecule has 0 spiro atoms. The topological polar surface area (TPSA) is 58.9 Å². The fourth-order valence-corrected chi connectivity index (χ4v) is 5.04. The second-order valence-corrected chi connectivity index (χ2v) is 8.11. The highest BCUT2D eigenvalue weighted by atomic mass is 32.2. The maximum Gasteiger partial charge on any atom is 0.348 e. The number of oxime groups is 1. The van der Waals surface area contributed by atoms with Crippen LogP contribution in [0.25, 0.3) is 0 Å². The van der Waals surface area contributed by atoms with Crippen LogP contribution >= 0.6 is 23.1 Å². The number of fused-ring (bicyclic) bond motifs is 1. The van der Waals surface area contributed by atoms with E-state index in [9.17, 15) is 10.0 Å². The van der Waals surface area contributed by atoms with Gasteiger partial charge in [0, 0.05) is 5.56 Å². The van der Waals surface area contributed by atoms with Crippen molar-refractivity contribution < 1.29 is 14.7 Å². The number of methoxy groups -OCH3 is 1. The Morgan fingerprint density at radius 1 is 1.50 bits per heavy atom. The van der Waals surface area contributed by atoms with Crippen LogP contribution in [0.15, 0.2) is 9.36 Å². The molecular formula is C14H19NO3S2. The number of carbonyl (C=O) groups excluding carboxylic acids is 1. The number of carbonyl (C=O) groups is 1. The summed E-state index contributed by atoms with van der Waals surface area (Å²) in [6.07, 6.45) is 1.51. The summed E-state index contributed by atoms with van der Waals surface area (Å²) in [4.78, 5) is 12.6. The first-order chi connectivity index (χ1) is 9.43. The minimum Gasteiger partial charge on any atom is -0.465 e. The van der Waals surface area contributed by atoms with Crippen LogP contribution in [0.5, 0.6) is 0 Å². The highest BCUT2D eigenvalue weighted by Crippen LogP contribution is 2.45. The standard InChI is InChI=1S/C14H19NO3S2/c1-5-19-13-10-8(11(20-13)12(16)18-4)6-14(2,3)7-9(10)15-17/h17H,5-7H2,1-4H3. The number of ether oxygens (including phenoxy) is 1. The van der Waals surface area contributed by atoms with E-state index in [2.05, 4.69) is 25.9 Å². The molecule has 1 aromatic heterocycles. The Morgan fingerprint density at radius 2 is 2.20 bits per heavy atom. The van der Waals surface area contributed by atoms with Gasteiger partial charge in [-0.1, -0.05) is 25.9 Å². The molecule has 110 valence electrons. The summed E-state index contributed by atoms with van der Waals surface area (Å²) in [7, 11) is 1.40. The molecule has 2 rings (SSSR count). The third kappa shape index (κ3) is 2.72. The Hall–Kier alpha value is -1.01. The van der Waals surface area contributed by atoms with Gasteiger partial charge in [0.25, 0.3) is 0 Å². The summed E-state index contributed by atoms with van der Waals surface area (Å²) in [5.41, 5.74) is 2.58. The molecule has 1 N–H and O–H groups in total. The molecule has 1 aliphatic rings. The Balaban J connectivity index is 2.63. The molecule has 0 saturated carbocycles. The molecule has 20 heavy (non-hydrogen) atoms. The third-order valence-electron chi connectivity index (χ3n) is 3.33. The SMILES string of the molecule is CCSc1sc(C(=O)OC)c2c1C(=NO)CC(C)(C)C2. The second kappa shape index (κ2) is 5.77. The molecule has 6 heteroatoms. The molecule has 1 aromatic rings. The highest BCUT2D eigenvalue weighted by Gasteiger charge is 2.36. The zero-order valence-corrected chi connectivity index (χ0v) is 13.8. The first-order valence-electron chi connectivity index (χ1n) is 6.51. The molecule has 0 saturated heterocycles. The maximum atomic E-state index is 12.0. The van der Waals surface area contributed by atoms with Crippen molar-refractivity contribution in [2.75, 3.05) is 12.9 Å². The number of nitrogens with zero attached hydrogens (tertiary/aromatic N) is 1. The number of hydrogen-bond acceptors (Lipinski definition) is 6.